The minimum atomic E-state index is -6.09. The molecule has 188 valence electrons. The first-order chi connectivity index (χ1) is 16.9. The van der Waals surface area contributed by atoms with Crippen LogP contribution in [0, 0.1) is 20.8 Å². The average molecular weight is 531 g/mol. The van der Waals surface area contributed by atoms with Crippen molar-refractivity contribution in [3.05, 3.63) is 120 Å². The van der Waals surface area contributed by atoms with Gasteiger partial charge < -0.3 is 4.55 Å². The highest BCUT2D eigenvalue weighted by Crippen LogP contribution is 2.55. The summed E-state index contributed by atoms with van der Waals surface area (Å²) in [7, 11) is -8.09. The van der Waals surface area contributed by atoms with Crippen molar-refractivity contribution in [3.63, 3.8) is 0 Å². The van der Waals surface area contributed by atoms with Crippen LogP contribution in [-0.2, 0) is 10.1 Å². The smallest absolute Gasteiger partial charge is 0.485 e. The molecule has 0 aromatic heterocycles. The van der Waals surface area contributed by atoms with Crippen molar-refractivity contribution in [2.45, 2.75) is 26.3 Å². The SMILES string of the molecule is Cc1cc(C)c([P+](c2ccccc2)(c2ccccc2)c2ccccc2)c(C)c1.O=S(=O)([O-])C(F)(F)F. The van der Waals surface area contributed by atoms with E-state index >= 15 is 0 Å². The van der Waals surface area contributed by atoms with Gasteiger partial charge in [-0.1, -0.05) is 72.3 Å². The van der Waals surface area contributed by atoms with Gasteiger partial charge in [-0.05, 0) is 68.3 Å². The second kappa shape index (κ2) is 11.0. The molecule has 4 rings (SSSR count). The van der Waals surface area contributed by atoms with E-state index in [2.05, 4.69) is 124 Å². The normalized spacial score (nSPS) is 12.0. The van der Waals surface area contributed by atoms with Crippen LogP contribution in [0.4, 0.5) is 13.2 Å². The van der Waals surface area contributed by atoms with E-state index in [0.29, 0.717) is 0 Å². The van der Waals surface area contributed by atoms with Crippen LogP contribution >= 0.6 is 7.26 Å². The van der Waals surface area contributed by atoms with Crippen molar-refractivity contribution in [2.24, 2.45) is 0 Å². The molecule has 0 unspecified atom stereocenters. The summed E-state index contributed by atoms with van der Waals surface area (Å²) in [5.74, 6) is 0. The fourth-order valence-electron chi connectivity index (χ4n) is 4.49. The Bertz CT molecular complexity index is 1290. The van der Waals surface area contributed by atoms with E-state index in [4.69, 9.17) is 13.0 Å². The summed E-state index contributed by atoms with van der Waals surface area (Å²) in [6.45, 7) is 6.75. The lowest BCUT2D eigenvalue weighted by atomic mass is 10.1. The molecule has 36 heavy (non-hydrogen) atoms. The Balaban J connectivity index is 0.000000392. The zero-order valence-corrected chi connectivity index (χ0v) is 21.7. The van der Waals surface area contributed by atoms with Gasteiger partial charge in [-0.15, -0.1) is 0 Å². The standard InChI is InChI=1S/C27H26P.CHF3O3S/c1-21-19-22(2)27(23(3)20-21)28(24-13-7-4-8-14-24,25-15-9-5-10-16-25)26-17-11-6-12-18-26;2-1(3,4)8(5,6)7/h4-20H,1-3H3;(H,5,6,7)/q+1;/p-1. The molecule has 0 heterocycles. The first kappa shape index (κ1) is 27.6. The van der Waals surface area contributed by atoms with Gasteiger partial charge in [-0.2, -0.15) is 13.2 Å². The van der Waals surface area contributed by atoms with Crippen LogP contribution in [0.3, 0.4) is 0 Å². The summed E-state index contributed by atoms with van der Waals surface area (Å²) < 4.78 is 58.9. The highest BCUT2D eigenvalue weighted by atomic mass is 32.2. The molecule has 0 atom stereocenters. The Hall–Kier alpha value is -2.99. The Morgan fingerprint density at radius 3 is 1.17 bits per heavy atom. The van der Waals surface area contributed by atoms with Gasteiger partial charge in [0.1, 0.15) is 28.5 Å². The van der Waals surface area contributed by atoms with Crippen molar-refractivity contribution in [1.29, 1.82) is 0 Å². The first-order valence-electron chi connectivity index (χ1n) is 11.1. The van der Waals surface area contributed by atoms with Crippen LogP contribution in [-0.4, -0.2) is 18.5 Å². The van der Waals surface area contributed by atoms with E-state index in [9.17, 15) is 13.2 Å². The second-order valence-electron chi connectivity index (χ2n) is 8.32. The number of hydrogen-bond acceptors (Lipinski definition) is 3. The Morgan fingerprint density at radius 2 is 0.917 bits per heavy atom. The summed E-state index contributed by atoms with van der Waals surface area (Å²) in [4.78, 5) is 0. The Labute approximate surface area is 210 Å². The number of benzene rings is 4. The molecule has 0 saturated carbocycles. The molecule has 4 aromatic rings. The zero-order valence-electron chi connectivity index (χ0n) is 20.0. The van der Waals surface area contributed by atoms with E-state index in [1.807, 2.05) is 0 Å². The maximum absolute atomic E-state index is 10.7. The summed E-state index contributed by atoms with van der Waals surface area (Å²) >= 11 is 0. The zero-order chi connectivity index (χ0) is 26.6. The highest BCUT2D eigenvalue weighted by molar-refractivity contribution is 8.01. The molecule has 8 heteroatoms. The summed E-state index contributed by atoms with van der Waals surface area (Å²) in [5.41, 5.74) is -1.57. The van der Waals surface area contributed by atoms with E-state index in [1.165, 1.54) is 37.9 Å². The molecule has 0 fully saturated rings. The highest BCUT2D eigenvalue weighted by Gasteiger charge is 2.49. The van der Waals surface area contributed by atoms with Gasteiger partial charge in [0.25, 0.3) is 0 Å². The lowest BCUT2D eigenvalue weighted by Gasteiger charge is -2.30. The van der Waals surface area contributed by atoms with Crippen molar-refractivity contribution in [3.8, 4) is 0 Å². The quantitative estimate of drug-likeness (QED) is 0.205. The van der Waals surface area contributed by atoms with Crippen LogP contribution < -0.4 is 21.2 Å². The molecule has 0 aliphatic rings. The number of alkyl halides is 3. The van der Waals surface area contributed by atoms with Crippen LogP contribution in [0.15, 0.2) is 103 Å². The molecule has 3 nitrogen and oxygen atoms in total. The molecular formula is C28H26F3O3PS. The van der Waals surface area contributed by atoms with Crippen LogP contribution in [0.1, 0.15) is 16.7 Å². The van der Waals surface area contributed by atoms with E-state index < -0.39 is 22.9 Å². The van der Waals surface area contributed by atoms with Crippen molar-refractivity contribution in [2.75, 3.05) is 0 Å². The molecule has 0 saturated heterocycles. The number of hydrogen-bond donors (Lipinski definition) is 0. The van der Waals surface area contributed by atoms with Gasteiger partial charge in [0.15, 0.2) is 10.1 Å². The summed E-state index contributed by atoms with van der Waals surface area (Å²) in [6.07, 6.45) is 0. The average Bonchev–Trinajstić information content (AvgIpc) is 2.82. The predicted octanol–water partition coefficient (Wildman–Crippen LogP) is 5.28. The van der Waals surface area contributed by atoms with Gasteiger partial charge in [0.05, 0.1) is 0 Å². The van der Waals surface area contributed by atoms with Crippen LogP contribution in [0.25, 0.3) is 0 Å². The molecule has 0 spiro atoms. The minimum Gasteiger partial charge on any atom is -0.741 e. The Morgan fingerprint density at radius 1 is 0.639 bits per heavy atom. The van der Waals surface area contributed by atoms with Crippen LogP contribution in [0.5, 0.6) is 0 Å². The van der Waals surface area contributed by atoms with E-state index in [-0.39, 0.29) is 0 Å². The van der Waals surface area contributed by atoms with Gasteiger partial charge >= 0.3 is 5.51 Å². The maximum atomic E-state index is 10.7. The molecular weight excluding hydrogens is 504 g/mol. The first-order valence-corrected chi connectivity index (χ1v) is 14.2. The third kappa shape index (κ3) is 5.70. The van der Waals surface area contributed by atoms with E-state index in [0.717, 1.165) is 0 Å². The van der Waals surface area contributed by atoms with Crippen molar-refractivity contribution in [1.82, 2.24) is 0 Å². The summed E-state index contributed by atoms with van der Waals surface area (Å²) in [6, 6.07) is 37.9. The van der Waals surface area contributed by atoms with Gasteiger partial charge in [0.2, 0.25) is 0 Å². The fourth-order valence-corrected chi connectivity index (χ4v) is 9.21. The molecule has 0 N–H and O–H groups in total. The van der Waals surface area contributed by atoms with Crippen LogP contribution in [0.2, 0.25) is 0 Å². The van der Waals surface area contributed by atoms with Gasteiger partial charge in [-0.25, -0.2) is 8.42 Å². The molecule has 4 aromatic carbocycles. The van der Waals surface area contributed by atoms with E-state index in [1.54, 1.807) is 0 Å². The topological polar surface area (TPSA) is 57.2 Å². The third-order valence-corrected chi connectivity index (χ3v) is 10.8. The Kier molecular flexibility index (Phi) is 8.40. The lowest BCUT2D eigenvalue weighted by Crippen LogP contribution is -2.40. The minimum absolute atomic E-state index is 1.33. The number of halogens is 3. The molecule has 0 aliphatic carbocycles. The maximum Gasteiger partial charge on any atom is 0.485 e. The molecule has 0 radical (unpaired) electrons. The monoisotopic (exact) mass is 530 g/mol. The fraction of sp³-hybridized carbons (Fsp3) is 0.143. The summed E-state index contributed by atoms with van der Waals surface area (Å²) in [5, 5.41) is 5.70. The molecule has 0 bridgehead atoms. The molecule has 0 amide bonds. The van der Waals surface area contributed by atoms with Gasteiger partial charge in [-0.3, -0.25) is 0 Å². The molecule has 0 aliphatic heterocycles. The second-order valence-corrected chi connectivity index (χ2v) is 13.0. The van der Waals surface area contributed by atoms with Crippen molar-refractivity contribution < 1.29 is 26.1 Å². The van der Waals surface area contributed by atoms with Gasteiger partial charge in [0, 0.05) is 0 Å². The van der Waals surface area contributed by atoms with Crippen molar-refractivity contribution >= 4 is 38.6 Å². The lowest BCUT2D eigenvalue weighted by molar-refractivity contribution is -0.0517. The largest absolute Gasteiger partial charge is 0.741 e. The number of aryl methyl sites for hydroxylation is 3. The third-order valence-electron chi connectivity index (χ3n) is 5.68. The predicted molar refractivity (Wildman–Crippen MR) is 141 cm³/mol. The number of rotatable bonds is 4.